The van der Waals surface area contributed by atoms with E-state index in [0.717, 1.165) is 24.3 Å². The van der Waals surface area contributed by atoms with Gasteiger partial charge in [0.05, 0.1) is 0 Å². The van der Waals surface area contributed by atoms with E-state index in [2.05, 4.69) is 42.6 Å². The Morgan fingerprint density at radius 3 is 2.63 bits per heavy atom. The first-order valence-electron chi connectivity index (χ1n) is 8.15. The topological polar surface area (TPSA) is 12.0 Å². The van der Waals surface area contributed by atoms with Crippen LogP contribution in [0.3, 0.4) is 0 Å². The fourth-order valence-electron chi connectivity index (χ4n) is 4.31. The summed E-state index contributed by atoms with van der Waals surface area (Å²) in [6.07, 6.45) is 8.62. The summed E-state index contributed by atoms with van der Waals surface area (Å²) >= 11 is 0. The van der Waals surface area contributed by atoms with Gasteiger partial charge in [-0.3, -0.25) is 0 Å². The Labute approximate surface area is 117 Å². The molecule has 1 N–H and O–H groups in total. The molecule has 0 aliphatic heterocycles. The Morgan fingerprint density at radius 1 is 1.16 bits per heavy atom. The number of hydrogen-bond acceptors (Lipinski definition) is 1. The fourth-order valence-corrected chi connectivity index (χ4v) is 4.31. The van der Waals surface area contributed by atoms with Gasteiger partial charge in [-0.05, 0) is 62.0 Å². The largest absolute Gasteiger partial charge is 0.310 e. The first-order chi connectivity index (χ1) is 9.36. The third kappa shape index (κ3) is 3.02. The summed E-state index contributed by atoms with van der Waals surface area (Å²) in [5, 5.41) is 3.77. The van der Waals surface area contributed by atoms with Gasteiger partial charge in [-0.15, -0.1) is 0 Å². The lowest BCUT2D eigenvalue weighted by Gasteiger charge is -2.27. The van der Waals surface area contributed by atoms with Gasteiger partial charge in [0.1, 0.15) is 0 Å². The molecule has 104 valence electrons. The molecule has 0 spiro atoms. The Hall–Kier alpha value is -0.820. The third-order valence-electron chi connectivity index (χ3n) is 5.27. The molecular formula is C18H27N. The van der Waals surface area contributed by atoms with Crippen LogP contribution in [0.25, 0.3) is 0 Å². The van der Waals surface area contributed by atoms with Crippen molar-refractivity contribution in [3.63, 3.8) is 0 Å². The lowest BCUT2D eigenvalue weighted by molar-refractivity contribution is 0.279. The molecular weight excluding hydrogens is 230 g/mol. The SMILES string of the molecule is CCCNC(CC1CC2CCC1C2)c1ccccc1. The lowest BCUT2D eigenvalue weighted by atomic mass is 9.82. The molecule has 1 aromatic rings. The van der Waals surface area contributed by atoms with Crippen LogP contribution in [-0.4, -0.2) is 6.54 Å². The molecule has 2 fully saturated rings. The first kappa shape index (κ1) is 13.2. The highest BCUT2D eigenvalue weighted by molar-refractivity contribution is 5.19. The van der Waals surface area contributed by atoms with Gasteiger partial charge < -0.3 is 5.32 Å². The van der Waals surface area contributed by atoms with Gasteiger partial charge in [0.2, 0.25) is 0 Å². The van der Waals surface area contributed by atoms with Crippen molar-refractivity contribution in [2.45, 2.75) is 51.5 Å². The molecule has 0 aromatic heterocycles. The molecule has 0 amide bonds. The van der Waals surface area contributed by atoms with Gasteiger partial charge in [0.15, 0.2) is 0 Å². The van der Waals surface area contributed by atoms with Gasteiger partial charge in [-0.1, -0.05) is 43.7 Å². The highest BCUT2D eigenvalue weighted by atomic mass is 14.9. The number of hydrogen-bond donors (Lipinski definition) is 1. The molecule has 0 saturated heterocycles. The van der Waals surface area contributed by atoms with Gasteiger partial charge in [-0.25, -0.2) is 0 Å². The second-order valence-electron chi connectivity index (χ2n) is 6.59. The minimum absolute atomic E-state index is 0.575. The third-order valence-corrected chi connectivity index (χ3v) is 5.27. The van der Waals surface area contributed by atoms with Gasteiger partial charge >= 0.3 is 0 Å². The van der Waals surface area contributed by atoms with Crippen LogP contribution in [0.5, 0.6) is 0 Å². The van der Waals surface area contributed by atoms with Gasteiger partial charge in [0.25, 0.3) is 0 Å². The number of nitrogens with one attached hydrogen (secondary N) is 1. The van der Waals surface area contributed by atoms with E-state index >= 15 is 0 Å². The minimum atomic E-state index is 0.575. The van der Waals surface area contributed by atoms with Gasteiger partial charge in [-0.2, -0.15) is 0 Å². The molecule has 1 heteroatoms. The minimum Gasteiger partial charge on any atom is -0.310 e. The van der Waals surface area contributed by atoms with E-state index in [0.29, 0.717) is 6.04 Å². The summed E-state index contributed by atoms with van der Waals surface area (Å²) in [5.74, 6) is 3.09. The van der Waals surface area contributed by atoms with Crippen molar-refractivity contribution >= 4 is 0 Å². The molecule has 0 radical (unpaired) electrons. The monoisotopic (exact) mass is 257 g/mol. The molecule has 4 unspecified atom stereocenters. The zero-order valence-electron chi connectivity index (χ0n) is 12.1. The standard InChI is InChI=1S/C18H27N/c1-2-10-19-18(15-6-4-3-5-7-15)13-17-12-14-8-9-16(17)11-14/h3-7,14,16-19H,2,8-13H2,1H3. The molecule has 3 rings (SSSR count). The average Bonchev–Trinajstić information content (AvgIpc) is 3.07. The molecule has 2 aliphatic rings. The maximum absolute atomic E-state index is 3.77. The fraction of sp³-hybridized carbons (Fsp3) is 0.667. The molecule has 2 bridgehead atoms. The van der Waals surface area contributed by atoms with Crippen molar-refractivity contribution in [1.82, 2.24) is 5.32 Å². The Bertz CT molecular complexity index is 386. The van der Waals surface area contributed by atoms with Crippen LogP contribution in [0.15, 0.2) is 30.3 Å². The van der Waals surface area contributed by atoms with Gasteiger partial charge in [0, 0.05) is 6.04 Å². The van der Waals surface area contributed by atoms with Crippen molar-refractivity contribution in [2.75, 3.05) is 6.54 Å². The maximum atomic E-state index is 3.77. The van der Waals surface area contributed by atoms with Crippen molar-refractivity contribution in [1.29, 1.82) is 0 Å². The van der Waals surface area contributed by atoms with Crippen LogP contribution in [0, 0.1) is 17.8 Å². The van der Waals surface area contributed by atoms with E-state index < -0.39 is 0 Å². The number of fused-ring (bicyclic) bond motifs is 2. The summed E-state index contributed by atoms with van der Waals surface area (Å²) < 4.78 is 0. The van der Waals surface area contributed by atoms with Crippen LogP contribution >= 0.6 is 0 Å². The molecule has 1 nitrogen and oxygen atoms in total. The number of rotatable bonds is 6. The smallest absolute Gasteiger partial charge is 0.0322 e. The van der Waals surface area contributed by atoms with Crippen LogP contribution in [0.2, 0.25) is 0 Å². The van der Waals surface area contributed by atoms with Crippen LogP contribution in [-0.2, 0) is 0 Å². The summed E-state index contributed by atoms with van der Waals surface area (Å²) in [6, 6.07) is 11.6. The highest BCUT2D eigenvalue weighted by Gasteiger charge is 2.40. The zero-order chi connectivity index (χ0) is 13.1. The van der Waals surface area contributed by atoms with E-state index in [1.54, 1.807) is 0 Å². The normalized spacial score (nSPS) is 30.7. The van der Waals surface area contributed by atoms with E-state index in [1.807, 2.05) is 0 Å². The maximum Gasteiger partial charge on any atom is 0.0322 e. The molecule has 0 heterocycles. The Kier molecular flexibility index (Phi) is 4.22. The van der Waals surface area contributed by atoms with Crippen molar-refractivity contribution in [2.24, 2.45) is 17.8 Å². The van der Waals surface area contributed by atoms with E-state index in [-0.39, 0.29) is 0 Å². The summed E-state index contributed by atoms with van der Waals surface area (Å²) in [5.41, 5.74) is 1.48. The van der Waals surface area contributed by atoms with Crippen molar-refractivity contribution in [3.05, 3.63) is 35.9 Å². The van der Waals surface area contributed by atoms with Crippen molar-refractivity contribution in [3.8, 4) is 0 Å². The lowest BCUT2D eigenvalue weighted by Crippen LogP contribution is -2.26. The Morgan fingerprint density at radius 2 is 2.00 bits per heavy atom. The Balaban J connectivity index is 1.66. The first-order valence-corrected chi connectivity index (χ1v) is 8.15. The van der Waals surface area contributed by atoms with E-state index in [4.69, 9.17) is 0 Å². The second-order valence-corrected chi connectivity index (χ2v) is 6.59. The predicted molar refractivity (Wildman–Crippen MR) is 81.0 cm³/mol. The van der Waals surface area contributed by atoms with Crippen LogP contribution in [0.1, 0.15) is 57.1 Å². The molecule has 2 aliphatic carbocycles. The number of benzene rings is 1. The average molecular weight is 257 g/mol. The molecule has 2 saturated carbocycles. The summed E-state index contributed by atoms with van der Waals surface area (Å²) in [6.45, 7) is 3.40. The van der Waals surface area contributed by atoms with E-state index in [1.165, 1.54) is 44.1 Å². The summed E-state index contributed by atoms with van der Waals surface area (Å²) in [4.78, 5) is 0. The quantitative estimate of drug-likeness (QED) is 0.788. The molecule has 1 aromatic carbocycles. The molecule has 4 atom stereocenters. The molecule has 19 heavy (non-hydrogen) atoms. The van der Waals surface area contributed by atoms with E-state index in [9.17, 15) is 0 Å². The van der Waals surface area contributed by atoms with Crippen LogP contribution < -0.4 is 5.32 Å². The van der Waals surface area contributed by atoms with Crippen molar-refractivity contribution < 1.29 is 0 Å². The van der Waals surface area contributed by atoms with Crippen LogP contribution in [0.4, 0.5) is 0 Å². The highest BCUT2D eigenvalue weighted by Crippen LogP contribution is 2.50. The second kappa shape index (κ2) is 6.09. The summed E-state index contributed by atoms with van der Waals surface area (Å²) in [7, 11) is 0. The zero-order valence-corrected chi connectivity index (χ0v) is 12.1. The predicted octanol–water partition coefficient (Wildman–Crippen LogP) is 4.55.